The molecule has 0 N–H and O–H groups in total. The molecule has 1 aromatic rings. The minimum absolute atomic E-state index is 0.0725. The second kappa shape index (κ2) is 7.05. The summed E-state index contributed by atoms with van der Waals surface area (Å²) in [6, 6.07) is 6.16. The van der Waals surface area contributed by atoms with Gasteiger partial charge in [0.1, 0.15) is 0 Å². The average molecular weight is 312 g/mol. The van der Waals surface area contributed by atoms with Gasteiger partial charge in [-0.05, 0) is 12.1 Å². The first-order valence-electron chi connectivity index (χ1n) is 5.83. The van der Waals surface area contributed by atoms with Gasteiger partial charge in [-0.25, -0.2) is 17.2 Å². The topological polar surface area (TPSA) is 37.4 Å². The van der Waals surface area contributed by atoms with Crippen LogP contribution in [0, 0.1) is 0 Å². The number of halogens is 3. The minimum atomic E-state index is -3.46. The highest BCUT2D eigenvalue weighted by Gasteiger charge is 2.21. The van der Waals surface area contributed by atoms with Crippen molar-refractivity contribution < 1.29 is 17.2 Å². The van der Waals surface area contributed by atoms with Gasteiger partial charge >= 0.3 is 0 Å². The van der Waals surface area contributed by atoms with Crippen molar-refractivity contribution in [1.29, 1.82) is 0 Å². The van der Waals surface area contributed by atoms with E-state index in [4.69, 9.17) is 11.6 Å². The second-order valence-corrected chi connectivity index (χ2v) is 6.52. The Labute approximate surface area is 117 Å². The molecule has 0 radical (unpaired) electrons. The number of anilines is 1. The molecule has 0 bridgehead atoms. The molecule has 0 aliphatic rings. The lowest BCUT2D eigenvalue weighted by Crippen LogP contribution is -2.32. The van der Waals surface area contributed by atoms with Crippen LogP contribution in [0.2, 0.25) is 0 Å². The largest absolute Gasteiger partial charge is 0.364 e. The van der Waals surface area contributed by atoms with Gasteiger partial charge in [-0.2, -0.15) is 0 Å². The molecule has 0 fully saturated rings. The Kier molecular flexibility index (Phi) is 6.00. The van der Waals surface area contributed by atoms with Crippen molar-refractivity contribution in [3.63, 3.8) is 0 Å². The van der Waals surface area contributed by atoms with E-state index in [2.05, 4.69) is 0 Å². The van der Waals surface area contributed by atoms with E-state index in [1.54, 1.807) is 12.1 Å². The van der Waals surface area contributed by atoms with Crippen molar-refractivity contribution in [3.8, 4) is 0 Å². The molecule has 0 saturated carbocycles. The minimum Gasteiger partial charge on any atom is -0.364 e. The van der Waals surface area contributed by atoms with Gasteiger partial charge < -0.3 is 4.90 Å². The molecule has 0 heterocycles. The van der Waals surface area contributed by atoms with E-state index in [0.29, 0.717) is 0 Å². The third-order valence-electron chi connectivity index (χ3n) is 2.63. The van der Waals surface area contributed by atoms with Crippen LogP contribution >= 0.6 is 11.6 Å². The second-order valence-electron chi connectivity index (χ2n) is 3.90. The van der Waals surface area contributed by atoms with Crippen molar-refractivity contribution in [2.24, 2.45) is 0 Å². The van der Waals surface area contributed by atoms with Crippen LogP contribution in [-0.2, 0) is 9.84 Å². The van der Waals surface area contributed by atoms with Gasteiger partial charge in [0.15, 0.2) is 9.84 Å². The van der Waals surface area contributed by atoms with Gasteiger partial charge in [0.2, 0.25) is 0 Å². The molecule has 108 valence electrons. The van der Waals surface area contributed by atoms with Crippen LogP contribution < -0.4 is 4.90 Å². The highest BCUT2D eigenvalue weighted by atomic mass is 35.5. The van der Waals surface area contributed by atoms with Crippen LogP contribution in [0.1, 0.15) is 6.92 Å². The van der Waals surface area contributed by atoms with Crippen LogP contribution in [-0.4, -0.2) is 39.6 Å². The van der Waals surface area contributed by atoms with E-state index in [1.165, 1.54) is 24.0 Å². The molecule has 3 nitrogen and oxygen atoms in total. The SMILES string of the molecule is CCS(=O)(=O)c1ccccc1N(CCCl)CC(F)F. The lowest BCUT2D eigenvalue weighted by atomic mass is 10.3. The maximum atomic E-state index is 12.6. The van der Waals surface area contributed by atoms with E-state index >= 15 is 0 Å². The number of hydrogen-bond acceptors (Lipinski definition) is 3. The molecule has 0 atom stereocenters. The predicted octanol–water partition coefficient (Wildman–Crippen LogP) is 2.79. The van der Waals surface area contributed by atoms with Crippen molar-refractivity contribution in [2.75, 3.05) is 29.6 Å². The lowest BCUT2D eigenvalue weighted by Gasteiger charge is -2.25. The highest BCUT2D eigenvalue weighted by molar-refractivity contribution is 7.91. The third kappa shape index (κ3) is 4.31. The summed E-state index contributed by atoms with van der Waals surface area (Å²) in [6.07, 6.45) is -2.55. The maximum absolute atomic E-state index is 12.6. The number of rotatable bonds is 7. The zero-order valence-electron chi connectivity index (χ0n) is 10.5. The van der Waals surface area contributed by atoms with Crippen LogP contribution in [0.3, 0.4) is 0 Å². The first-order chi connectivity index (χ1) is 8.92. The average Bonchev–Trinajstić information content (AvgIpc) is 2.38. The summed E-state index contributed by atoms with van der Waals surface area (Å²) in [4.78, 5) is 1.38. The van der Waals surface area contributed by atoms with Crippen LogP contribution in [0.4, 0.5) is 14.5 Å². The summed E-state index contributed by atoms with van der Waals surface area (Å²) in [7, 11) is -3.46. The van der Waals surface area contributed by atoms with E-state index in [1.807, 2.05) is 0 Å². The summed E-state index contributed by atoms with van der Waals surface area (Å²) < 4.78 is 49.1. The molecular weight excluding hydrogens is 296 g/mol. The number of sulfone groups is 1. The molecule has 1 aromatic carbocycles. The standard InChI is InChI=1S/C12H16ClF2NO2S/c1-2-19(17,18)11-6-4-3-5-10(11)16(8-7-13)9-12(14)15/h3-6,12H,2,7-9H2,1H3. The fourth-order valence-electron chi connectivity index (χ4n) is 1.72. The molecule has 0 aliphatic heterocycles. The predicted molar refractivity (Wildman–Crippen MR) is 73.1 cm³/mol. The van der Waals surface area contributed by atoms with E-state index in [-0.39, 0.29) is 28.8 Å². The van der Waals surface area contributed by atoms with Crippen molar-refractivity contribution in [2.45, 2.75) is 18.2 Å². The molecule has 7 heteroatoms. The van der Waals surface area contributed by atoms with Crippen molar-refractivity contribution in [3.05, 3.63) is 24.3 Å². The van der Waals surface area contributed by atoms with Gasteiger partial charge in [-0.15, -0.1) is 11.6 Å². The Bertz CT molecular complexity index is 508. The van der Waals surface area contributed by atoms with Gasteiger partial charge in [-0.1, -0.05) is 19.1 Å². The normalized spacial score (nSPS) is 11.8. The zero-order valence-corrected chi connectivity index (χ0v) is 12.1. The van der Waals surface area contributed by atoms with Crippen LogP contribution in [0.25, 0.3) is 0 Å². The first-order valence-corrected chi connectivity index (χ1v) is 8.02. The summed E-state index contributed by atoms with van der Waals surface area (Å²) in [5, 5.41) is 0. The van der Waals surface area contributed by atoms with E-state index in [9.17, 15) is 17.2 Å². The van der Waals surface area contributed by atoms with Crippen molar-refractivity contribution >= 4 is 27.1 Å². The molecule has 0 unspecified atom stereocenters. The number of para-hydroxylation sites is 1. The fourth-order valence-corrected chi connectivity index (χ4v) is 3.03. The summed E-state index contributed by atoms with van der Waals surface area (Å²) in [5.74, 6) is 0.0701. The molecule has 0 saturated heterocycles. The molecule has 1 rings (SSSR count). The number of benzene rings is 1. The fraction of sp³-hybridized carbons (Fsp3) is 0.500. The lowest BCUT2D eigenvalue weighted by molar-refractivity contribution is 0.155. The van der Waals surface area contributed by atoms with Gasteiger partial charge in [0, 0.05) is 12.4 Å². The summed E-state index contributed by atoms with van der Waals surface area (Å²) in [6.45, 7) is 1.15. The Morgan fingerprint density at radius 3 is 2.47 bits per heavy atom. The molecule has 0 amide bonds. The van der Waals surface area contributed by atoms with Crippen LogP contribution in [0.5, 0.6) is 0 Å². The highest BCUT2D eigenvalue weighted by Crippen LogP contribution is 2.26. The van der Waals surface area contributed by atoms with Crippen LogP contribution in [0.15, 0.2) is 29.2 Å². The monoisotopic (exact) mass is 311 g/mol. The van der Waals surface area contributed by atoms with Gasteiger partial charge in [-0.3, -0.25) is 0 Å². The van der Waals surface area contributed by atoms with E-state index in [0.717, 1.165) is 0 Å². The Balaban J connectivity index is 3.23. The van der Waals surface area contributed by atoms with Crippen molar-refractivity contribution in [1.82, 2.24) is 0 Å². The third-order valence-corrected chi connectivity index (χ3v) is 4.58. The number of hydrogen-bond donors (Lipinski definition) is 0. The Morgan fingerprint density at radius 2 is 1.95 bits per heavy atom. The molecule has 19 heavy (non-hydrogen) atoms. The van der Waals surface area contributed by atoms with Gasteiger partial charge in [0.05, 0.1) is 22.9 Å². The van der Waals surface area contributed by atoms with E-state index < -0.39 is 22.8 Å². The first kappa shape index (κ1) is 16.2. The number of alkyl halides is 3. The summed E-state index contributed by atoms with van der Waals surface area (Å²) in [5.41, 5.74) is 0.283. The molecule has 0 spiro atoms. The smallest absolute Gasteiger partial charge is 0.255 e. The molecule has 0 aliphatic carbocycles. The Hall–Kier alpha value is -0.880. The number of nitrogens with zero attached hydrogens (tertiary/aromatic N) is 1. The molecular formula is C12H16ClF2NO2S. The maximum Gasteiger partial charge on any atom is 0.255 e. The quantitative estimate of drug-likeness (QED) is 0.727. The Morgan fingerprint density at radius 1 is 1.32 bits per heavy atom. The zero-order chi connectivity index (χ0) is 14.5. The molecule has 0 aromatic heterocycles. The van der Waals surface area contributed by atoms with Gasteiger partial charge in [0.25, 0.3) is 6.43 Å². The summed E-state index contributed by atoms with van der Waals surface area (Å²) >= 11 is 5.59.